The van der Waals surface area contributed by atoms with Crippen LogP contribution >= 0.6 is 0 Å². The molecular formula is C27H29N3O3. The van der Waals surface area contributed by atoms with Crippen LogP contribution in [0.3, 0.4) is 0 Å². The van der Waals surface area contributed by atoms with E-state index in [1.165, 1.54) is 11.1 Å². The van der Waals surface area contributed by atoms with Gasteiger partial charge in [0.2, 0.25) is 0 Å². The van der Waals surface area contributed by atoms with Crippen LogP contribution in [-0.2, 0) is 13.2 Å². The number of piperidine rings is 1. The number of hydrogen-bond acceptors (Lipinski definition) is 5. The van der Waals surface area contributed by atoms with E-state index >= 15 is 0 Å². The van der Waals surface area contributed by atoms with E-state index in [4.69, 9.17) is 14.4 Å². The average molecular weight is 444 g/mol. The molecule has 170 valence electrons. The van der Waals surface area contributed by atoms with Crippen LogP contribution < -0.4 is 10.1 Å². The summed E-state index contributed by atoms with van der Waals surface area (Å²) < 4.78 is 11.3. The van der Waals surface area contributed by atoms with Gasteiger partial charge in [0.1, 0.15) is 18.1 Å². The molecule has 0 spiro atoms. The fraction of sp³-hybridized carbons (Fsp3) is 0.333. The molecule has 3 aromatic rings. The van der Waals surface area contributed by atoms with Crippen LogP contribution in [0.5, 0.6) is 5.75 Å². The lowest BCUT2D eigenvalue weighted by atomic mass is 9.96. The molecule has 6 nitrogen and oxygen atoms in total. The number of amides is 1. The number of hydrogen-bond donors (Lipinski definition) is 1. The fourth-order valence-electron chi connectivity index (χ4n) is 3.98. The van der Waals surface area contributed by atoms with Crippen molar-refractivity contribution in [2.24, 2.45) is 5.92 Å². The van der Waals surface area contributed by atoms with E-state index in [2.05, 4.69) is 47.5 Å². The van der Waals surface area contributed by atoms with Gasteiger partial charge in [0.05, 0.1) is 11.6 Å². The number of carbonyl (C=O) groups is 1. The highest BCUT2D eigenvalue weighted by Crippen LogP contribution is 2.19. The van der Waals surface area contributed by atoms with Crippen molar-refractivity contribution >= 4 is 5.91 Å². The summed E-state index contributed by atoms with van der Waals surface area (Å²) >= 11 is 0. The van der Waals surface area contributed by atoms with Crippen LogP contribution in [0.2, 0.25) is 0 Å². The van der Waals surface area contributed by atoms with Crippen LogP contribution in [0.1, 0.15) is 45.8 Å². The Morgan fingerprint density at radius 2 is 1.82 bits per heavy atom. The first kappa shape index (κ1) is 22.6. The Balaban J connectivity index is 1.17. The molecule has 1 saturated heterocycles. The van der Waals surface area contributed by atoms with Crippen molar-refractivity contribution in [1.29, 1.82) is 5.26 Å². The maximum Gasteiger partial charge on any atom is 0.287 e. The Hall–Kier alpha value is -3.56. The topological polar surface area (TPSA) is 78.5 Å². The smallest absolute Gasteiger partial charge is 0.287 e. The van der Waals surface area contributed by atoms with E-state index in [1.54, 1.807) is 36.4 Å². The van der Waals surface area contributed by atoms with Gasteiger partial charge in [0.15, 0.2) is 5.76 Å². The van der Waals surface area contributed by atoms with Crippen LogP contribution in [0.15, 0.2) is 65.1 Å². The Morgan fingerprint density at radius 1 is 1.09 bits per heavy atom. The lowest BCUT2D eigenvalue weighted by molar-refractivity contribution is 0.0903. The van der Waals surface area contributed by atoms with Gasteiger partial charge in [-0.25, -0.2) is 0 Å². The molecule has 0 unspecified atom stereocenters. The van der Waals surface area contributed by atoms with Gasteiger partial charge in [0.25, 0.3) is 5.91 Å². The van der Waals surface area contributed by atoms with Gasteiger partial charge in [0, 0.05) is 13.1 Å². The standard InChI is InChI=1S/C27H29N3O3/c1-20-2-4-23(5-3-20)18-30-14-12-22(13-15-30)17-29-27(31)26-11-10-25(33-26)19-32-24-8-6-21(16-28)7-9-24/h2-11,22H,12-15,17-19H2,1H3,(H,29,31). The summed E-state index contributed by atoms with van der Waals surface area (Å²) in [6.45, 7) is 6.07. The number of aryl methyl sites for hydroxylation is 1. The molecule has 2 heterocycles. The quantitative estimate of drug-likeness (QED) is 0.547. The minimum Gasteiger partial charge on any atom is -0.486 e. The molecule has 0 aliphatic carbocycles. The largest absolute Gasteiger partial charge is 0.486 e. The molecule has 0 bridgehead atoms. The Bertz CT molecular complexity index is 1090. The van der Waals surface area contributed by atoms with Crippen molar-refractivity contribution in [3.63, 3.8) is 0 Å². The summed E-state index contributed by atoms with van der Waals surface area (Å²) in [6.07, 6.45) is 2.15. The van der Waals surface area contributed by atoms with Crippen molar-refractivity contribution in [2.75, 3.05) is 19.6 Å². The molecule has 1 aliphatic rings. The molecule has 1 amide bonds. The molecule has 33 heavy (non-hydrogen) atoms. The Kier molecular flexibility index (Phi) is 7.43. The molecule has 2 aromatic carbocycles. The summed E-state index contributed by atoms with van der Waals surface area (Å²) in [5.74, 6) is 1.81. The molecule has 0 saturated carbocycles. The zero-order chi connectivity index (χ0) is 23.0. The highest BCUT2D eigenvalue weighted by Gasteiger charge is 2.21. The van der Waals surface area contributed by atoms with E-state index in [-0.39, 0.29) is 12.5 Å². The second kappa shape index (κ2) is 10.8. The Labute approximate surface area is 194 Å². The van der Waals surface area contributed by atoms with E-state index < -0.39 is 0 Å². The molecule has 4 rings (SSSR count). The van der Waals surface area contributed by atoms with E-state index in [0.717, 1.165) is 32.5 Å². The molecule has 1 aliphatic heterocycles. The molecular weight excluding hydrogens is 414 g/mol. The van der Waals surface area contributed by atoms with Gasteiger partial charge >= 0.3 is 0 Å². The minimum absolute atomic E-state index is 0.193. The predicted octanol–water partition coefficient (Wildman–Crippen LogP) is 4.68. The summed E-state index contributed by atoms with van der Waals surface area (Å²) in [4.78, 5) is 15.0. The normalized spacial score (nSPS) is 14.5. The van der Waals surface area contributed by atoms with Gasteiger partial charge in [-0.3, -0.25) is 9.69 Å². The summed E-state index contributed by atoms with van der Waals surface area (Å²) in [5, 5.41) is 11.9. The van der Waals surface area contributed by atoms with E-state index in [0.29, 0.717) is 35.3 Å². The number of rotatable bonds is 8. The molecule has 6 heteroatoms. The third-order valence-corrected chi connectivity index (χ3v) is 6.04. The van der Waals surface area contributed by atoms with E-state index in [9.17, 15) is 4.79 Å². The lowest BCUT2D eigenvalue weighted by Gasteiger charge is -2.32. The zero-order valence-electron chi connectivity index (χ0n) is 18.9. The Morgan fingerprint density at radius 3 is 2.52 bits per heavy atom. The van der Waals surface area contributed by atoms with Crippen molar-refractivity contribution in [2.45, 2.75) is 32.9 Å². The SMILES string of the molecule is Cc1ccc(CN2CCC(CNC(=O)c3ccc(COc4ccc(C#N)cc4)o3)CC2)cc1. The first-order chi connectivity index (χ1) is 16.1. The highest BCUT2D eigenvalue weighted by atomic mass is 16.5. The third kappa shape index (κ3) is 6.47. The van der Waals surface area contributed by atoms with Gasteiger partial charge in [-0.1, -0.05) is 29.8 Å². The summed E-state index contributed by atoms with van der Waals surface area (Å²) in [7, 11) is 0. The highest BCUT2D eigenvalue weighted by molar-refractivity contribution is 5.91. The number of nitrogens with one attached hydrogen (secondary N) is 1. The second-order valence-corrected chi connectivity index (χ2v) is 8.61. The molecule has 0 atom stereocenters. The number of ether oxygens (including phenoxy) is 1. The van der Waals surface area contributed by atoms with Gasteiger partial charge in [-0.2, -0.15) is 5.26 Å². The van der Waals surface area contributed by atoms with Gasteiger partial charge in [-0.05, 0) is 80.7 Å². The van der Waals surface area contributed by atoms with Crippen molar-refractivity contribution in [1.82, 2.24) is 10.2 Å². The van der Waals surface area contributed by atoms with Crippen LogP contribution in [0, 0.1) is 24.2 Å². The molecule has 1 fully saturated rings. The van der Waals surface area contributed by atoms with Crippen molar-refractivity contribution in [3.8, 4) is 11.8 Å². The number of benzene rings is 2. The maximum atomic E-state index is 12.5. The first-order valence-electron chi connectivity index (χ1n) is 11.4. The monoisotopic (exact) mass is 443 g/mol. The van der Waals surface area contributed by atoms with Crippen LogP contribution in [-0.4, -0.2) is 30.4 Å². The van der Waals surface area contributed by atoms with Crippen molar-refractivity contribution < 1.29 is 13.9 Å². The van der Waals surface area contributed by atoms with E-state index in [1.807, 2.05) is 0 Å². The number of furan rings is 1. The molecule has 1 aromatic heterocycles. The number of nitriles is 1. The maximum absolute atomic E-state index is 12.5. The van der Waals surface area contributed by atoms with Crippen LogP contribution in [0.4, 0.5) is 0 Å². The second-order valence-electron chi connectivity index (χ2n) is 8.61. The van der Waals surface area contributed by atoms with Gasteiger partial charge in [-0.15, -0.1) is 0 Å². The zero-order valence-corrected chi connectivity index (χ0v) is 18.9. The van der Waals surface area contributed by atoms with Crippen molar-refractivity contribution in [3.05, 3.63) is 88.9 Å². The molecule has 0 radical (unpaired) electrons. The summed E-state index contributed by atoms with van der Waals surface area (Å²) in [5.41, 5.74) is 3.22. The number of carbonyl (C=O) groups excluding carboxylic acids is 1. The van der Waals surface area contributed by atoms with Gasteiger partial charge < -0.3 is 14.5 Å². The molecule has 1 N–H and O–H groups in total. The summed E-state index contributed by atoms with van der Waals surface area (Å²) in [6, 6.07) is 21.1. The average Bonchev–Trinajstić information content (AvgIpc) is 3.33. The third-order valence-electron chi connectivity index (χ3n) is 6.04. The predicted molar refractivity (Wildman–Crippen MR) is 126 cm³/mol. The lowest BCUT2D eigenvalue weighted by Crippen LogP contribution is -2.38. The number of likely N-dealkylation sites (tertiary alicyclic amines) is 1. The fourth-order valence-corrected chi connectivity index (χ4v) is 3.98. The number of nitrogens with zero attached hydrogens (tertiary/aromatic N) is 2. The van der Waals surface area contributed by atoms with Crippen LogP contribution in [0.25, 0.3) is 0 Å². The minimum atomic E-state index is -0.193. The first-order valence-corrected chi connectivity index (χ1v) is 11.4.